The van der Waals surface area contributed by atoms with E-state index in [1.807, 2.05) is 13.8 Å². The molecule has 4 aromatic carbocycles. The fourth-order valence-corrected chi connectivity index (χ4v) is 16.6. The molecular formula is C48H52F10N2O4S2. The smallest absolute Gasteiger partial charge is 0.328 e. The van der Waals surface area contributed by atoms with E-state index in [1.54, 1.807) is 0 Å². The lowest BCUT2D eigenvalue weighted by molar-refractivity contribution is -0.229. The van der Waals surface area contributed by atoms with Crippen molar-refractivity contribution in [3.05, 3.63) is 130 Å². The number of rotatable bonds is 8. The molecule has 0 aromatic heterocycles. The molecule has 0 radical (unpaired) electrons. The van der Waals surface area contributed by atoms with Crippen molar-refractivity contribution in [3.8, 4) is 0 Å². The van der Waals surface area contributed by atoms with Gasteiger partial charge in [-0.1, -0.05) is 36.4 Å². The Labute approximate surface area is 378 Å². The van der Waals surface area contributed by atoms with E-state index in [0.717, 1.165) is 48.5 Å². The third-order valence-corrected chi connectivity index (χ3v) is 20.4. The van der Waals surface area contributed by atoms with E-state index in [2.05, 4.69) is 0 Å². The van der Waals surface area contributed by atoms with Gasteiger partial charge < -0.3 is 11.5 Å². The molecule has 8 rings (SSSR count). The average Bonchev–Trinajstić information content (AvgIpc) is 3.86. The normalized spacial score (nSPS) is 28.0. The number of fused-ring (bicyclic) bond motifs is 6. The van der Waals surface area contributed by atoms with Crippen LogP contribution < -0.4 is 11.5 Å². The Kier molecular flexibility index (Phi) is 12.8. The molecule has 6 nitrogen and oxygen atoms in total. The van der Waals surface area contributed by atoms with Crippen LogP contribution in [0.4, 0.5) is 43.9 Å². The maximum absolute atomic E-state index is 14.7. The molecule has 0 saturated heterocycles. The summed E-state index contributed by atoms with van der Waals surface area (Å²) >= 11 is 0. The van der Waals surface area contributed by atoms with Crippen LogP contribution in [0, 0.1) is 35.3 Å². The summed E-state index contributed by atoms with van der Waals surface area (Å²) in [4.78, 5) is -0.108. The summed E-state index contributed by atoms with van der Waals surface area (Å²) < 4.78 is 190. The Hall–Kier alpha value is -4.00. The van der Waals surface area contributed by atoms with Gasteiger partial charge in [-0.15, -0.1) is 0 Å². The van der Waals surface area contributed by atoms with Gasteiger partial charge in [-0.2, -0.15) is 26.3 Å². The fraction of sp³-hybridized carbons (Fsp3) is 0.500. The van der Waals surface area contributed by atoms with Crippen molar-refractivity contribution >= 4 is 19.7 Å². The summed E-state index contributed by atoms with van der Waals surface area (Å²) in [7, 11) is -8.14. The highest BCUT2D eigenvalue weighted by Gasteiger charge is 2.63. The van der Waals surface area contributed by atoms with Crippen LogP contribution in [0.1, 0.15) is 99.6 Å². The molecule has 360 valence electrons. The zero-order valence-corrected chi connectivity index (χ0v) is 38.2. The van der Waals surface area contributed by atoms with E-state index in [-0.39, 0.29) is 58.4 Å². The fourth-order valence-electron chi connectivity index (χ4n) is 11.6. The van der Waals surface area contributed by atoms with Crippen LogP contribution in [0.3, 0.4) is 0 Å². The summed E-state index contributed by atoms with van der Waals surface area (Å²) in [5, 5.41) is 0. The molecule has 66 heavy (non-hydrogen) atoms. The van der Waals surface area contributed by atoms with Crippen LogP contribution >= 0.6 is 0 Å². The highest BCUT2D eigenvalue weighted by atomic mass is 32.2. The SMILES string of the molecule is CC(N)[C@@H]1CC[C@@]2(S(=O)(=O)c3ccc(F)cc3)c3ccc(C(C)(F)C(F)(F)F)cc3CC[C@@H]12.CC(N)[C@@H]1CC[C@@]2(S(=O)(=O)c3ccc(F)cc3)c3ccc(C(C)(F)C(F)(F)F)cc3CC[C@@H]12. The molecule has 0 aliphatic heterocycles. The second-order valence-corrected chi connectivity index (χ2v) is 23.3. The number of aryl methyl sites for hydroxylation is 2. The number of halogens is 10. The Morgan fingerprint density at radius 3 is 1.14 bits per heavy atom. The second-order valence-electron chi connectivity index (χ2n) is 18.9. The van der Waals surface area contributed by atoms with Crippen LogP contribution in [-0.2, 0) is 53.3 Å². The number of nitrogens with two attached hydrogens (primary N) is 2. The first-order chi connectivity index (χ1) is 30.5. The number of benzene rings is 4. The van der Waals surface area contributed by atoms with Gasteiger partial charge in [0.2, 0.25) is 11.3 Å². The zero-order chi connectivity index (χ0) is 48.8. The maximum Gasteiger partial charge on any atom is 0.426 e. The van der Waals surface area contributed by atoms with Crippen LogP contribution in [0.2, 0.25) is 0 Å². The van der Waals surface area contributed by atoms with Crippen LogP contribution in [0.25, 0.3) is 0 Å². The molecule has 4 aromatic rings. The van der Waals surface area contributed by atoms with Crippen molar-refractivity contribution in [3.63, 3.8) is 0 Å². The largest absolute Gasteiger partial charge is 0.426 e. The monoisotopic (exact) mass is 974 g/mol. The highest BCUT2D eigenvalue weighted by Crippen LogP contribution is 2.62. The molecule has 4 aliphatic rings. The lowest BCUT2D eigenvalue weighted by Crippen LogP contribution is -2.47. The molecule has 0 heterocycles. The Bertz CT molecular complexity index is 2500. The lowest BCUT2D eigenvalue weighted by atomic mass is 9.71. The number of alkyl halides is 8. The van der Waals surface area contributed by atoms with Crippen molar-refractivity contribution in [2.45, 2.75) is 134 Å². The molecule has 0 spiro atoms. The van der Waals surface area contributed by atoms with E-state index in [4.69, 9.17) is 11.5 Å². The maximum atomic E-state index is 14.7. The molecule has 10 atom stereocenters. The molecule has 0 amide bonds. The molecule has 4 N–H and O–H groups in total. The molecule has 2 saturated carbocycles. The molecule has 18 heteroatoms. The molecule has 4 unspecified atom stereocenters. The van der Waals surface area contributed by atoms with E-state index in [1.165, 1.54) is 36.4 Å². The van der Waals surface area contributed by atoms with Gasteiger partial charge in [0, 0.05) is 12.1 Å². The molecule has 4 aliphatic carbocycles. The number of sulfone groups is 2. The summed E-state index contributed by atoms with van der Waals surface area (Å²) in [5.74, 6) is -2.07. The Morgan fingerprint density at radius 2 is 0.848 bits per heavy atom. The quantitative estimate of drug-likeness (QED) is 0.134. The lowest BCUT2D eigenvalue weighted by Gasteiger charge is -2.43. The van der Waals surface area contributed by atoms with Gasteiger partial charge in [0.1, 0.15) is 21.1 Å². The predicted octanol–water partition coefficient (Wildman–Crippen LogP) is 11.1. The minimum Gasteiger partial charge on any atom is -0.328 e. The van der Waals surface area contributed by atoms with Crippen molar-refractivity contribution in [2.24, 2.45) is 35.1 Å². The summed E-state index contributed by atoms with van der Waals surface area (Å²) in [6.45, 7) is 4.57. The summed E-state index contributed by atoms with van der Waals surface area (Å²) in [5.41, 5.74) is 5.74. The third kappa shape index (κ3) is 7.77. The van der Waals surface area contributed by atoms with Gasteiger partial charge in [0.25, 0.3) is 0 Å². The zero-order valence-electron chi connectivity index (χ0n) is 36.6. The van der Waals surface area contributed by atoms with E-state index in [9.17, 15) is 60.7 Å². The number of hydrogen-bond donors (Lipinski definition) is 2. The highest BCUT2D eigenvalue weighted by molar-refractivity contribution is 7.92. The first-order valence-corrected chi connectivity index (χ1v) is 24.7. The Morgan fingerprint density at radius 1 is 0.530 bits per heavy atom. The topological polar surface area (TPSA) is 120 Å². The molecule has 0 bridgehead atoms. The van der Waals surface area contributed by atoms with E-state index < -0.39 is 75.6 Å². The van der Waals surface area contributed by atoms with Crippen molar-refractivity contribution in [1.29, 1.82) is 0 Å². The standard InChI is InChI=1S/2C24H26F5NO2S/c2*1-14(30)19-11-12-23(33(31,32)18-7-5-17(25)6-8-18)20-10-4-16(22(2,26)24(27,28)29)13-15(20)3-9-21(19)23/h2*4-8,10,13-14,19,21H,3,9,11-12,30H2,1-2H3/t2*14?,19-,21-,22?,23+/m00/s1. The minimum atomic E-state index is -5.11. The van der Waals surface area contributed by atoms with Gasteiger partial charge in [0.15, 0.2) is 19.7 Å². The first kappa shape index (κ1) is 49.9. The van der Waals surface area contributed by atoms with E-state index >= 15 is 0 Å². The Balaban J connectivity index is 0.000000196. The van der Waals surface area contributed by atoms with Crippen molar-refractivity contribution in [2.75, 3.05) is 0 Å². The summed E-state index contributed by atoms with van der Waals surface area (Å²) in [6, 6.07) is 15.6. The van der Waals surface area contributed by atoms with Crippen LogP contribution in [-0.4, -0.2) is 41.3 Å². The van der Waals surface area contributed by atoms with Crippen molar-refractivity contribution in [1.82, 2.24) is 0 Å². The van der Waals surface area contributed by atoms with Gasteiger partial charge in [-0.05, 0) is 185 Å². The molecular weight excluding hydrogens is 923 g/mol. The van der Waals surface area contributed by atoms with Crippen LogP contribution in [0.5, 0.6) is 0 Å². The minimum absolute atomic E-state index is 0.0539. The van der Waals surface area contributed by atoms with Gasteiger partial charge >= 0.3 is 12.4 Å². The van der Waals surface area contributed by atoms with Crippen LogP contribution in [0.15, 0.2) is 94.7 Å². The predicted molar refractivity (Wildman–Crippen MR) is 229 cm³/mol. The first-order valence-electron chi connectivity index (χ1n) is 21.8. The van der Waals surface area contributed by atoms with E-state index in [0.29, 0.717) is 74.6 Å². The summed E-state index contributed by atoms with van der Waals surface area (Å²) in [6.07, 6.45) is -7.22. The van der Waals surface area contributed by atoms with Crippen molar-refractivity contribution < 1.29 is 60.7 Å². The van der Waals surface area contributed by atoms with Gasteiger partial charge in [0.05, 0.1) is 9.79 Å². The molecule has 2 fully saturated rings. The third-order valence-electron chi connectivity index (χ3n) is 15.2. The van der Waals surface area contributed by atoms with Gasteiger partial charge in [-0.25, -0.2) is 34.4 Å². The number of hydrogen-bond acceptors (Lipinski definition) is 6. The average molecular weight is 975 g/mol. The second kappa shape index (κ2) is 16.9. The van der Waals surface area contributed by atoms with Gasteiger partial charge in [-0.3, -0.25) is 0 Å².